The quantitative estimate of drug-likeness (QED) is 0.373. The Hall–Kier alpha value is 0.608. The minimum atomic E-state index is -4.47. The molecule has 0 radical (unpaired) electrons. The number of nitrogens with zero attached hydrogens (tertiary/aromatic N) is 1. The predicted molar refractivity (Wildman–Crippen MR) is 83.2 cm³/mol. The Morgan fingerprint density at radius 3 is 2.15 bits per heavy atom. The normalized spacial score (nSPS) is 11.9. The average Bonchev–Trinajstić information content (AvgIpc) is 2.25. The third-order valence-electron chi connectivity index (χ3n) is 2.02. The van der Waals surface area contributed by atoms with E-state index in [0.29, 0.717) is 5.56 Å². The second kappa shape index (κ2) is 9.59. The Labute approximate surface area is 140 Å². The van der Waals surface area contributed by atoms with Crippen LogP contribution < -0.4 is 0 Å². The van der Waals surface area contributed by atoms with Crippen LogP contribution in [0.2, 0.25) is 0 Å². The van der Waals surface area contributed by atoms with Crippen molar-refractivity contribution in [2.24, 2.45) is 4.99 Å². The molecule has 1 rings (SSSR count). The molecule has 115 valence electrons. The molecule has 0 aliphatic carbocycles. The maximum atomic E-state index is 11.9. The summed E-state index contributed by atoms with van der Waals surface area (Å²) in [6.07, 6.45) is -4.60. The predicted octanol–water partition coefficient (Wildman–Crippen LogP) is 6.31. The molecule has 9 heteroatoms. The van der Waals surface area contributed by atoms with E-state index in [1.807, 2.05) is 13.8 Å². The molecule has 1 N–H and O–H groups in total. The van der Waals surface area contributed by atoms with Crippen LogP contribution in [0.3, 0.4) is 0 Å². The first-order chi connectivity index (χ1) is 9.04. The van der Waals surface area contributed by atoms with Crippen molar-refractivity contribution in [3.8, 4) is 5.75 Å². The summed E-state index contributed by atoms with van der Waals surface area (Å²) in [5.41, 5.74) is 0.514. The molecule has 1 aromatic rings. The van der Waals surface area contributed by atoms with E-state index in [1.54, 1.807) is 12.1 Å². The first-order valence-corrected chi connectivity index (χ1v) is 24.4. The number of para-hydroxylation sites is 1. The Bertz CT molecular complexity index is 450. The van der Waals surface area contributed by atoms with E-state index >= 15 is 0 Å². The third-order valence-corrected chi connectivity index (χ3v) is 2.02. The van der Waals surface area contributed by atoms with Gasteiger partial charge in [0, 0.05) is 0 Å². The van der Waals surface area contributed by atoms with E-state index in [9.17, 15) is 18.3 Å². The van der Waals surface area contributed by atoms with Gasteiger partial charge in [-0.25, -0.2) is 4.99 Å². The Morgan fingerprint density at radius 1 is 1.25 bits per heavy atom. The number of hydrogen-bond donors (Lipinski definition) is 1. The molecule has 0 saturated carbocycles. The van der Waals surface area contributed by atoms with Gasteiger partial charge in [0.15, 0.2) is 0 Å². The topological polar surface area (TPSA) is 32.6 Å². The first kappa shape index (κ1) is 20.6. The summed E-state index contributed by atoms with van der Waals surface area (Å²) in [6.45, 7) is 3.68. The van der Waals surface area contributed by atoms with Crippen molar-refractivity contribution >= 4 is 51.8 Å². The van der Waals surface area contributed by atoms with Gasteiger partial charge in [-0.1, -0.05) is 26.0 Å². The molecule has 0 aliphatic rings. The standard InChI is InChI=1S/C11H12F3NO.3BrH.W/c1-7(2)8-4-3-5-9(10(8)16)15-6-11(12,13)14;;;;/h3-7,16H,1-2H3;3*1H;/q;;;;+3/p-3. The van der Waals surface area contributed by atoms with Gasteiger partial charge in [0.2, 0.25) is 0 Å². The fourth-order valence-corrected chi connectivity index (χ4v) is 1.26. The van der Waals surface area contributed by atoms with Crippen LogP contribution in [0.1, 0.15) is 25.3 Å². The van der Waals surface area contributed by atoms with E-state index in [0.717, 1.165) is 0 Å². The van der Waals surface area contributed by atoms with Crippen molar-refractivity contribution < 1.29 is 29.4 Å². The van der Waals surface area contributed by atoms with Gasteiger partial charge in [0.05, 0.1) is 0 Å². The molecule has 0 spiro atoms. The fraction of sp³-hybridized carbons (Fsp3) is 0.364. The van der Waals surface area contributed by atoms with Gasteiger partial charge in [0.25, 0.3) is 0 Å². The summed E-state index contributed by atoms with van der Waals surface area (Å²) in [5.74, 6) is -0.168. The zero-order valence-corrected chi connectivity index (χ0v) is 18.1. The molecule has 0 saturated heterocycles. The molecular formula is C11H12Br3F3NOW. The zero-order valence-electron chi connectivity index (χ0n) is 10.5. The van der Waals surface area contributed by atoms with E-state index in [1.165, 1.54) is 6.07 Å². The number of alkyl halides is 3. The number of rotatable bonds is 2. The molecule has 0 heterocycles. The van der Waals surface area contributed by atoms with E-state index in [-0.39, 0.29) is 23.6 Å². The molecule has 0 atom stereocenters. The van der Waals surface area contributed by atoms with Gasteiger partial charge < -0.3 is 5.11 Å². The second-order valence-electron chi connectivity index (χ2n) is 3.84. The molecule has 0 amide bonds. The Balaban J connectivity index is 0.000000796. The number of hydrogen-bond acceptors (Lipinski definition) is 2. The minimum absolute atomic E-state index is 0.0287. The van der Waals surface area contributed by atoms with Crippen LogP contribution >= 0.6 is 39.9 Å². The number of benzene rings is 1. The molecule has 0 aliphatic heterocycles. The van der Waals surface area contributed by atoms with E-state index in [2.05, 4.69) is 44.9 Å². The van der Waals surface area contributed by atoms with Gasteiger partial charge in [-0.2, -0.15) is 13.2 Å². The van der Waals surface area contributed by atoms with E-state index in [4.69, 9.17) is 0 Å². The molecule has 0 unspecified atom stereocenters. The Kier molecular flexibility index (Phi) is 9.88. The van der Waals surface area contributed by atoms with Crippen LogP contribution in [0.5, 0.6) is 5.75 Å². The van der Waals surface area contributed by atoms with Gasteiger partial charge in [0.1, 0.15) is 17.7 Å². The zero-order chi connectivity index (χ0) is 15.9. The van der Waals surface area contributed by atoms with Gasteiger partial charge >= 0.3 is 57.2 Å². The van der Waals surface area contributed by atoms with Crippen LogP contribution in [-0.2, 0) is 11.1 Å². The summed E-state index contributed by atoms with van der Waals surface area (Å²) in [5, 5.41) is 9.67. The average molecular weight is 655 g/mol. The monoisotopic (exact) mass is 652 g/mol. The van der Waals surface area contributed by atoms with Crippen LogP contribution in [0.25, 0.3) is 0 Å². The van der Waals surface area contributed by atoms with Crippen molar-refractivity contribution in [1.29, 1.82) is 0 Å². The molecule has 0 fully saturated rings. The van der Waals surface area contributed by atoms with Crippen molar-refractivity contribution in [2.75, 3.05) is 0 Å². The molecule has 1 aromatic carbocycles. The van der Waals surface area contributed by atoms with Crippen molar-refractivity contribution in [2.45, 2.75) is 25.9 Å². The van der Waals surface area contributed by atoms with Crippen molar-refractivity contribution in [1.82, 2.24) is 0 Å². The number of halogens is 6. The van der Waals surface area contributed by atoms with Gasteiger partial charge in [-0.3, -0.25) is 0 Å². The van der Waals surface area contributed by atoms with Crippen LogP contribution in [-0.4, -0.2) is 17.5 Å². The number of phenols is 1. The van der Waals surface area contributed by atoms with E-state index < -0.39 is 17.3 Å². The first-order valence-electron chi connectivity index (χ1n) is 5.21. The molecule has 20 heavy (non-hydrogen) atoms. The van der Waals surface area contributed by atoms with Crippen molar-refractivity contribution in [3.05, 3.63) is 23.8 Å². The SMILES string of the molecule is CC(C)c1cccc(N=CC(F)(F)F)c1O.[Br][W]([Br])[Br]. The number of aliphatic imine (C=N–C) groups is 1. The summed E-state index contributed by atoms with van der Waals surface area (Å²) in [7, 11) is 0. The molecule has 2 nitrogen and oxygen atoms in total. The van der Waals surface area contributed by atoms with Gasteiger partial charge in [-0.05, 0) is 17.5 Å². The van der Waals surface area contributed by atoms with Crippen LogP contribution in [0.4, 0.5) is 18.9 Å². The van der Waals surface area contributed by atoms with Crippen molar-refractivity contribution in [3.63, 3.8) is 0 Å². The summed E-state index contributed by atoms with van der Waals surface area (Å²) >= 11 is 8.81. The Morgan fingerprint density at radius 2 is 1.75 bits per heavy atom. The summed E-state index contributed by atoms with van der Waals surface area (Å²) in [6, 6.07) is 4.56. The van der Waals surface area contributed by atoms with Gasteiger partial charge in [-0.15, -0.1) is 0 Å². The maximum absolute atomic E-state index is 11.9. The summed E-state index contributed by atoms with van der Waals surface area (Å²) in [4.78, 5) is 3.22. The third kappa shape index (κ3) is 9.53. The second-order valence-corrected chi connectivity index (χ2v) is 42.3. The fourth-order valence-electron chi connectivity index (χ4n) is 1.26. The van der Waals surface area contributed by atoms with Crippen LogP contribution in [0, 0.1) is 0 Å². The number of phenolic OH excluding ortho intramolecular Hbond substituents is 1. The molecule has 0 bridgehead atoms. The summed E-state index contributed by atoms with van der Waals surface area (Å²) < 4.78 is 35.7. The number of aromatic hydroxyl groups is 1. The molecule has 0 aromatic heterocycles. The molecular weight excluding hydrogens is 643 g/mol. The van der Waals surface area contributed by atoms with Crippen LogP contribution in [0.15, 0.2) is 23.2 Å².